The summed E-state index contributed by atoms with van der Waals surface area (Å²) in [5.74, 6) is 0.463. The van der Waals surface area contributed by atoms with Crippen molar-refractivity contribution in [1.82, 2.24) is 9.88 Å². The Kier molecular flexibility index (Phi) is 4.03. The minimum absolute atomic E-state index is 0.149. The van der Waals surface area contributed by atoms with E-state index in [9.17, 15) is 8.42 Å². The van der Waals surface area contributed by atoms with Crippen LogP contribution in [0.2, 0.25) is 0 Å². The Balaban J connectivity index is 1.67. The van der Waals surface area contributed by atoms with Gasteiger partial charge < -0.3 is 4.74 Å². The molecule has 3 heterocycles. The summed E-state index contributed by atoms with van der Waals surface area (Å²) in [6.07, 6.45) is 4.29. The van der Waals surface area contributed by atoms with Crippen molar-refractivity contribution in [3.05, 3.63) is 30.1 Å². The highest BCUT2D eigenvalue weighted by Crippen LogP contribution is 2.45. The second-order valence-electron chi connectivity index (χ2n) is 6.03. The van der Waals surface area contributed by atoms with Gasteiger partial charge in [-0.2, -0.15) is 0 Å². The van der Waals surface area contributed by atoms with E-state index >= 15 is 0 Å². The number of likely N-dealkylation sites (tertiary alicyclic amines) is 1. The number of rotatable bonds is 5. The SMILES string of the molecule is CCOCC1CCS(=O)(=O)C12CN(Cc1ccncc1)C2. The molecule has 0 amide bonds. The minimum Gasteiger partial charge on any atom is -0.381 e. The van der Waals surface area contributed by atoms with Crippen molar-refractivity contribution < 1.29 is 13.2 Å². The lowest BCUT2D eigenvalue weighted by atomic mass is 9.83. The van der Waals surface area contributed by atoms with Gasteiger partial charge in [0.15, 0.2) is 9.84 Å². The van der Waals surface area contributed by atoms with E-state index in [4.69, 9.17) is 4.74 Å². The van der Waals surface area contributed by atoms with Gasteiger partial charge in [-0.3, -0.25) is 9.88 Å². The van der Waals surface area contributed by atoms with Crippen LogP contribution in [-0.2, 0) is 21.1 Å². The van der Waals surface area contributed by atoms with Crippen molar-refractivity contribution in [3.63, 3.8) is 0 Å². The lowest BCUT2D eigenvalue weighted by molar-refractivity contribution is 0.0292. The summed E-state index contributed by atoms with van der Waals surface area (Å²) in [7, 11) is -2.99. The van der Waals surface area contributed by atoms with Crippen LogP contribution in [0.4, 0.5) is 0 Å². The molecule has 0 saturated carbocycles. The monoisotopic (exact) mass is 310 g/mol. The summed E-state index contributed by atoms with van der Waals surface area (Å²) in [5.41, 5.74) is 1.18. The molecule has 2 fully saturated rings. The highest BCUT2D eigenvalue weighted by molar-refractivity contribution is 7.93. The lowest BCUT2D eigenvalue weighted by Crippen LogP contribution is -2.67. The first-order valence-electron chi connectivity index (χ1n) is 7.49. The normalized spacial score (nSPS) is 26.8. The molecule has 6 heteroatoms. The van der Waals surface area contributed by atoms with Crippen LogP contribution in [0.1, 0.15) is 18.9 Å². The Hall–Kier alpha value is -0.980. The van der Waals surface area contributed by atoms with Gasteiger partial charge in [-0.05, 0) is 31.0 Å². The van der Waals surface area contributed by atoms with E-state index < -0.39 is 14.6 Å². The first-order chi connectivity index (χ1) is 10.1. The number of aromatic nitrogens is 1. The highest BCUT2D eigenvalue weighted by atomic mass is 32.2. The number of ether oxygens (including phenoxy) is 1. The molecule has 1 atom stereocenters. The zero-order chi connectivity index (χ0) is 14.9. The molecule has 0 radical (unpaired) electrons. The highest BCUT2D eigenvalue weighted by Gasteiger charge is 2.61. The fraction of sp³-hybridized carbons (Fsp3) is 0.667. The predicted molar refractivity (Wildman–Crippen MR) is 80.6 cm³/mol. The summed E-state index contributed by atoms with van der Waals surface area (Å²) in [6, 6.07) is 3.96. The van der Waals surface area contributed by atoms with Crippen LogP contribution in [0.15, 0.2) is 24.5 Å². The molecular weight excluding hydrogens is 288 g/mol. The number of pyridine rings is 1. The fourth-order valence-electron chi connectivity index (χ4n) is 3.54. The van der Waals surface area contributed by atoms with Crippen molar-refractivity contribution in [3.8, 4) is 0 Å². The Morgan fingerprint density at radius 1 is 1.38 bits per heavy atom. The number of hydrogen-bond acceptors (Lipinski definition) is 5. The van der Waals surface area contributed by atoms with Crippen molar-refractivity contribution in [2.24, 2.45) is 5.92 Å². The molecule has 0 aromatic carbocycles. The quantitative estimate of drug-likeness (QED) is 0.815. The zero-order valence-corrected chi connectivity index (χ0v) is 13.2. The van der Waals surface area contributed by atoms with Gasteiger partial charge in [0, 0.05) is 44.6 Å². The maximum Gasteiger partial charge on any atom is 0.158 e. The molecule has 21 heavy (non-hydrogen) atoms. The van der Waals surface area contributed by atoms with Gasteiger partial charge in [0.2, 0.25) is 0 Å². The Labute approximate surface area is 126 Å². The number of nitrogens with zero attached hydrogens (tertiary/aromatic N) is 2. The molecule has 1 aromatic heterocycles. The van der Waals surface area contributed by atoms with Crippen LogP contribution in [0.25, 0.3) is 0 Å². The summed E-state index contributed by atoms with van der Waals surface area (Å²) in [6.45, 7) is 5.23. The van der Waals surface area contributed by atoms with E-state index in [1.165, 1.54) is 5.56 Å². The third-order valence-corrected chi connectivity index (χ3v) is 7.36. The molecule has 2 aliphatic rings. The third-order valence-electron chi connectivity index (χ3n) is 4.76. The Morgan fingerprint density at radius 3 is 2.76 bits per heavy atom. The summed E-state index contributed by atoms with van der Waals surface area (Å²) < 4.78 is 29.8. The van der Waals surface area contributed by atoms with Crippen LogP contribution < -0.4 is 0 Å². The molecule has 3 rings (SSSR count). The molecular formula is C15H22N2O3S. The Bertz CT molecular complexity index is 582. The van der Waals surface area contributed by atoms with E-state index in [2.05, 4.69) is 9.88 Å². The van der Waals surface area contributed by atoms with E-state index in [-0.39, 0.29) is 5.92 Å². The summed E-state index contributed by atoms with van der Waals surface area (Å²) >= 11 is 0. The van der Waals surface area contributed by atoms with Gasteiger partial charge >= 0.3 is 0 Å². The number of sulfone groups is 1. The zero-order valence-electron chi connectivity index (χ0n) is 12.4. The van der Waals surface area contributed by atoms with Gasteiger partial charge in [-0.1, -0.05) is 0 Å². The van der Waals surface area contributed by atoms with Crippen LogP contribution in [0.5, 0.6) is 0 Å². The van der Waals surface area contributed by atoms with E-state index in [0.717, 1.165) is 13.0 Å². The molecule has 116 valence electrons. The third kappa shape index (κ3) is 2.60. The second-order valence-corrected chi connectivity index (χ2v) is 8.48. The first kappa shape index (κ1) is 14.9. The van der Waals surface area contributed by atoms with Gasteiger partial charge in [0.1, 0.15) is 4.75 Å². The van der Waals surface area contributed by atoms with E-state index in [1.807, 2.05) is 19.1 Å². The van der Waals surface area contributed by atoms with Crippen LogP contribution in [0.3, 0.4) is 0 Å². The average Bonchev–Trinajstić information content (AvgIpc) is 2.69. The summed E-state index contributed by atoms with van der Waals surface area (Å²) in [4.78, 5) is 6.21. The van der Waals surface area contributed by atoms with Crippen molar-refractivity contribution in [1.29, 1.82) is 0 Å². The molecule has 1 unspecified atom stereocenters. The molecule has 0 aliphatic carbocycles. The van der Waals surface area contributed by atoms with Crippen LogP contribution >= 0.6 is 0 Å². The number of hydrogen-bond donors (Lipinski definition) is 0. The molecule has 0 bridgehead atoms. The summed E-state index contributed by atoms with van der Waals surface area (Å²) in [5, 5.41) is 0. The van der Waals surface area contributed by atoms with Gasteiger partial charge in [0.25, 0.3) is 0 Å². The molecule has 0 N–H and O–H groups in total. The topological polar surface area (TPSA) is 59.5 Å². The molecule has 2 saturated heterocycles. The van der Waals surface area contributed by atoms with Crippen molar-refractivity contribution in [2.45, 2.75) is 24.6 Å². The molecule has 1 aromatic rings. The van der Waals surface area contributed by atoms with Gasteiger partial charge in [-0.25, -0.2) is 8.42 Å². The maximum absolute atomic E-state index is 12.4. The molecule has 5 nitrogen and oxygen atoms in total. The predicted octanol–water partition coefficient (Wildman–Crippen LogP) is 1.11. The molecule has 1 spiro atoms. The average molecular weight is 310 g/mol. The fourth-order valence-corrected chi connectivity index (χ4v) is 5.99. The van der Waals surface area contributed by atoms with E-state index in [0.29, 0.717) is 32.1 Å². The lowest BCUT2D eigenvalue weighted by Gasteiger charge is -2.50. The molecule has 2 aliphatic heterocycles. The van der Waals surface area contributed by atoms with Crippen LogP contribution in [-0.4, -0.2) is 55.1 Å². The van der Waals surface area contributed by atoms with Crippen molar-refractivity contribution >= 4 is 9.84 Å². The largest absolute Gasteiger partial charge is 0.381 e. The smallest absolute Gasteiger partial charge is 0.158 e. The minimum atomic E-state index is -2.99. The second kappa shape index (κ2) is 5.66. The Morgan fingerprint density at radius 2 is 2.10 bits per heavy atom. The van der Waals surface area contributed by atoms with Crippen molar-refractivity contribution in [2.75, 3.05) is 32.1 Å². The standard InChI is InChI=1S/C15H22N2O3S/c1-2-20-10-14-5-8-21(18,19)15(14)11-17(12-15)9-13-3-6-16-7-4-13/h3-4,6-7,14H,2,5,8-12H2,1H3. The van der Waals surface area contributed by atoms with E-state index in [1.54, 1.807) is 12.4 Å². The maximum atomic E-state index is 12.4. The first-order valence-corrected chi connectivity index (χ1v) is 9.14. The van der Waals surface area contributed by atoms with Crippen LogP contribution in [0, 0.1) is 5.92 Å². The van der Waals surface area contributed by atoms with Gasteiger partial charge in [0.05, 0.1) is 12.4 Å². The van der Waals surface area contributed by atoms with Gasteiger partial charge in [-0.15, -0.1) is 0 Å².